The predicted octanol–water partition coefficient (Wildman–Crippen LogP) is 3.22. The van der Waals surface area contributed by atoms with Crippen molar-refractivity contribution < 1.29 is 9.72 Å². The second-order valence-electron chi connectivity index (χ2n) is 5.32. The fourth-order valence-electron chi connectivity index (χ4n) is 2.11. The summed E-state index contributed by atoms with van der Waals surface area (Å²) < 4.78 is 0. The number of nitro groups is 1. The quantitative estimate of drug-likeness (QED) is 0.593. The lowest BCUT2D eigenvalue weighted by molar-refractivity contribution is -0.384. The molecule has 0 bridgehead atoms. The summed E-state index contributed by atoms with van der Waals surface area (Å²) in [5.41, 5.74) is 1.86. The average Bonchev–Trinajstić information content (AvgIpc) is 3.04. The van der Waals surface area contributed by atoms with Crippen LogP contribution in [0, 0.1) is 10.1 Å². The van der Waals surface area contributed by atoms with Crippen molar-refractivity contribution in [1.82, 2.24) is 15.6 Å². The molecular formula is C16H20N4O3S. The summed E-state index contributed by atoms with van der Waals surface area (Å²) >= 11 is 1.59. The number of aromatic nitrogens is 1. The number of nitrogens with zero attached hydrogens (tertiary/aromatic N) is 2. The highest BCUT2D eigenvalue weighted by atomic mass is 32.1. The first-order chi connectivity index (χ1) is 11.5. The van der Waals surface area contributed by atoms with Gasteiger partial charge >= 0.3 is 6.03 Å². The highest BCUT2D eigenvalue weighted by Gasteiger charge is 2.12. The van der Waals surface area contributed by atoms with E-state index in [0.29, 0.717) is 13.0 Å². The summed E-state index contributed by atoms with van der Waals surface area (Å²) in [4.78, 5) is 26.5. The minimum atomic E-state index is -0.431. The zero-order valence-corrected chi connectivity index (χ0v) is 14.4. The Morgan fingerprint density at radius 1 is 1.38 bits per heavy atom. The van der Waals surface area contributed by atoms with Gasteiger partial charge in [0.2, 0.25) is 0 Å². The van der Waals surface area contributed by atoms with Gasteiger partial charge in [0.25, 0.3) is 5.69 Å². The molecule has 1 heterocycles. The van der Waals surface area contributed by atoms with Crippen molar-refractivity contribution in [3.05, 3.63) is 56.0 Å². The monoisotopic (exact) mass is 348 g/mol. The molecule has 0 radical (unpaired) electrons. The Morgan fingerprint density at radius 3 is 2.67 bits per heavy atom. The molecule has 1 aromatic carbocycles. The van der Waals surface area contributed by atoms with Crippen LogP contribution in [0.25, 0.3) is 0 Å². The molecule has 0 saturated carbocycles. The van der Waals surface area contributed by atoms with Crippen molar-refractivity contribution in [2.75, 3.05) is 6.54 Å². The Kier molecular flexibility index (Phi) is 6.25. The molecule has 1 aromatic heterocycles. The summed E-state index contributed by atoms with van der Waals surface area (Å²) in [5.74, 6) is 0. The number of carbonyl (C=O) groups excluding carboxylic acids is 1. The highest BCUT2D eigenvalue weighted by Crippen LogP contribution is 2.16. The van der Waals surface area contributed by atoms with Gasteiger partial charge in [-0.25, -0.2) is 9.78 Å². The number of benzene rings is 1. The molecule has 2 N–H and O–H groups in total. The van der Waals surface area contributed by atoms with Gasteiger partial charge < -0.3 is 10.6 Å². The molecule has 0 aliphatic carbocycles. The third kappa shape index (κ3) is 5.02. The lowest BCUT2D eigenvalue weighted by atomic mass is 10.1. The lowest BCUT2D eigenvalue weighted by Crippen LogP contribution is -2.38. The standard InChI is InChI=1S/C16H20N4O3S/c1-3-15-19-14(10-24-15)11(2)18-16(21)17-9-8-12-4-6-13(7-5-12)20(22)23/h4-7,10-11H,3,8-9H2,1-2H3,(H2,17,18,21)/t11-/m0/s1. The molecule has 2 amide bonds. The molecule has 8 heteroatoms. The summed E-state index contributed by atoms with van der Waals surface area (Å²) in [6.45, 7) is 4.39. The smallest absolute Gasteiger partial charge is 0.315 e. The van der Waals surface area contributed by atoms with Gasteiger partial charge in [-0.1, -0.05) is 19.1 Å². The number of urea groups is 1. The van der Waals surface area contributed by atoms with E-state index in [9.17, 15) is 14.9 Å². The summed E-state index contributed by atoms with van der Waals surface area (Å²) in [5, 5.41) is 19.2. The molecule has 7 nitrogen and oxygen atoms in total. The maximum absolute atomic E-state index is 11.9. The Balaban J connectivity index is 1.75. The van der Waals surface area contributed by atoms with Gasteiger partial charge in [0.15, 0.2) is 0 Å². The predicted molar refractivity (Wildman–Crippen MR) is 93.2 cm³/mol. The number of nitrogens with one attached hydrogen (secondary N) is 2. The van der Waals surface area contributed by atoms with Gasteiger partial charge in [0, 0.05) is 24.1 Å². The molecule has 0 fully saturated rings. The first kappa shape index (κ1) is 17.9. The number of amides is 2. The van der Waals surface area contributed by atoms with E-state index in [1.54, 1.807) is 23.5 Å². The number of aryl methyl sites for hydroxylation is 1. The van der Waals surface area contributed by atoms with Crippen LogP contribution >= 0.6 is 11.3 Å². The summed E-state index contributed by atoms with van der Waals surface area (Å²) in [7, 11) is 0. The van der Waals surface area contributed by atoms with Gasteiger partial charge in [-0.2, -0.15) is 0 Å². The lowest BCUT2D eigenvalue weighted by Gasteiger charge is -2.12. The number of thiazole rings is 1. The fraction of sp³-hybridized carbons (Fsp3) is 0.375. The molecule has 2 aromatic rings. The van der Waals surface area contributed by atoms with Gasteiger partial charge in [-0.15, -0.1) is 11.3 Å². The second kappa shape index (κ2) is 8.39. The van der Waals surface area contributed by atoms with Crippen LogP contribution in [0.5, 0.6) is 0 Å². The SMILES string of the molecule is CCc1nc([C@H](C)NC(=O)NCCc2ccc([N+](=O)[O-])cc2)cs1. The van der Waals surface area contributed by atoms with E-state index in [4.69, 9.17) is 0 Å². The van der Waals surface area contributed by atoms with Crippen molar-refractivity contribution in [1.29, 1.82) is 0 Å². The van der Waals surface area contributed by atoms with E-state index in [-0.39, 0.29) is 17.8 Å². The molecule has 24 heavy (non-hydrogen) atoms. The van der Waals surface area contributed by atoms with Crippen molar-refractivity contribution in [2.45, 2.75) is 32.7 Å². The molecule has 2 rings (SSSR count). The zero-order valence-electron chi connectivity index (χ0n) is 13.6. The largest absolute Gasteiger partial charge is 0.338 e. The maximum atomic E-state index is 11.9. The van der Waals surface area contributed by atoms with Crippen LogP contribution in [0.4, 0.5) is 10.5 Å². The molecular weight excluding hydrogens is 328 g/mol. The molecule has 0 aliphatic heterocycles. The molecule has 128 valence electrons. The van der Waals surface area contributed by atoms with E-state index in [2.05, 4.69) is 15.6 Å². The highest BCUT2D eigenvalue weighted by molar-refractivity contribution is 7.09. The van der Waals surface area contributed by atoms with Gasteiger partial charge in [0.05, 0.1) is 21.7 Å². The Bertz CT molecular complexity index is 700. The van der Waals surface area contributed by atoms with Crippen LogP contribution in [0.2, 0.25) is 0 Å². The van der Waals surface area contributed by atoms with E-state index in [0.717, 1.165) is 22.7 Å². The maximum Gasteiger partial charge on any atom is 0.315 e. The van der Waals surface area contributed by atoms with Crippen molar-refractivity contribution >= 4 is 23.1 Å². The summed E-state index contributed by atoms with van der Waals surface area (Å²) in [6, 6.07) is 5.91. The van der Waals surface area contributed by atoms with Gasteiger partial charge in [-0.05, 0) is 25.3 Å². The Morgan fingerprint density at radius 2 is 2.08 bits per heavy atom. The van der Waals surface area contributed by atoms with Crippen molar-refractivity contribution in [3.8, 4) is 0 Å². The Hall–Kier alpha value is -2.48. The number of carbonyl (C=O) groups is 1. The number of hydrogen-bond acceptors (Lipinski definition) is 5. The molecule has 0 spiro atoms. The Labute approximate surface area is 144 Å². The average molecular weight is 348 g/mol. The minimum Gasteiger partial charge on any atom is -0.338 e. The third-order valence-corrected chi connectivity index (χ3v) is 4.52. The summed E-state index contributed by atoms with van der Waals surface area (Å²) in [6.07, 6.45) is 1.50. The minimum absolute atomic E-state index is 0.0630. The van der Waals surface area contributed by atoms with E-state index < -0.39 is 4.92 Å². The van der Waals surface area contributed by atoms with Crippen molar-refractivity contribution in [2.24, 2.45) is 0 Å². The van der Waals surface area contributed by atoms with Gasteiger partial charge in [0.1, 0.15) is 0 Å². The van der Waals surface area contributed by atoms with Crippen LogP contribution in [0.15, 0.2) is 29.6 Å². The molecule has 0 saturated heterocycles. The van der Waals surface area contributed by atoms with E-state index in [1.165, 1.54) is 12.1 Å². The number of nitro benzene ring substituents is 1. The van der Waals surface area contributed by atoms with E-state index >= 15 is 0 Å². The second-order valence-corrected chi connectivity index (χ2v) is 6.26. The molecule has 1 atom stereocenters. The van der Waals surface area contributed by atoms with Crippen LogP contribution < -0.4 is 10.6 Å². The molecule has 0 unspecified atom stereocenters. The fourth-order valence-corrected chi connectivity index (χ4v) is 2.95. The third-order valence-electron chi connectivity index (χ3n) is 3.51. The van der Waals surface area contributed by atoms with Crippen molar-refractivity contribution in [3.63, 3.8) is 0 Å². The normalized spacial score (nSPS) is 11.8. The van der Waals surface area contributed by atoms with Crippen LogP contribution in [-0.2, 0) is 12.8 Å². The number of hydrogen-bond donors (Lipinski definition) is 2. The first-order valence-electron chi connectivity index (χ1n) is 7.71. The van der Waals surface area contributed by atoms with Crippen LogP contribution in [0.1, 0.15) is 36.2 Å². The van der Waals surface area contributed by atoms with Crippen LogP contribution in [-0.4, -0.2) is 22.5 Å². The first-order valence-corrected chi connectivity index (χ1v) is 8.59. The topological polar surface area (TPSA) is 97.2 Å². The van der Waals surface area contributed by atoms with E-state index in [1.807, 2.05) is 19.2 Å². The number of non-ortho nitro benzene ring substituents is 1. The van der Waals surface area contributed by atoms with Crippen LogP contribution in [0.3, 0.4) is 0 Å². The molecule has 0 aliphatic rings. The number of rotatable bonds is 7. The zero-order chi connectivity index (χ0) is 17.5. The van der Waals surface area contributed by atoms with Gasteiger partial charge in [-0.3, -0.25) is 10.1 Å².